The van der Waals surface area contributed by atoms with E-state index in [2.05, 4.69) is 288 Å². The highest BCUT2D eigenvalue weighted by Gasteiger charge is 2.38. The molecule has 146 heavy (non-hydrogen) atoms. The van der Waals surface area contributed by atoms with Crippen molar-refractivity contribution in [2.75, 3.05) is 0 Å². The van der Waals surface area contributed by atoms with Crippen LogP contribution >= 0.6 is 11.3 Å². The minimum absolute atomic E-state index is 0.164. The maximum Gasteiger partial charge on any atom is 0.166 e. The van der Waals surface area contributed by atoms with Crippen LogP contribution in [0, 0.1) is 0 Å². The first-order chi connectivity index (χ1) is 72.1. The van der Waals surface area contributed by atoms with Gasteiger partial charge in [-0.25, -0.2) is 59.8 Å². The lowest BCUT2D eigenvalue weighted by molar-refractivity contribution is 0.661. The van der Waals surface area contributed by atoms with Crippen molar-refractivity contribution in [3.63, 3.8) is 0 Å². The molecule has 17 heteroatoms. The quantitative estimate of drug-likeness (QED) is 0.0946. The lowest BCUT2D eigenvalue weighted by Gasteiger charge is -2.21. The van der Waals surface area contributed by atoms with Crippen molar-refractivity contribution in [3.05, 3.63) is 466 Å². The van der Waals surface area contributed by atoms with Gasteiger partial charge in [-0.15, -0.1) is 11.3 Å². The van der Waals surface area contributed by atoms with Gasteiger partial charge in [0.1, 0.15) is 11.2 Å². The Kier molecular flexibility index (Phi) is 20.0. The highest BCUT2D eigenvalue weighted by molar-refractivity contribution is 7.26. The molecule has 9 heterocycles. The first kappa shape index (κ1) is 84.7. The normalized spacial score (nSPS) is 12.2. The molecule has 16 nitrogen and oxygen atoms in total. The van der Waals surface area contributed by atoms with E-state index in [9.17, 15) is 0 Å². The Balaban J connectivity index is 0.000000142. The molecule has 684 valence electrons. The molecule has 9 aromatic heterocycles. The highest BCUT2D eigenvalue weighted by Crippen LogP contribution is 2.55. The third-order valence-corrected chi connectivity index (χ3v) is 29.6. The van der Waals surface area contributed by atoms with Gasteiger partial charge in [-0.05, 0) is 138 Å². The fraction of sp³-hybridized carbons (Fsp3) is 0.0233. The summed E-state index contributed by atoms with van der Waals surface area (Å²) in [5.74, 6) is 6.60. The summed E-state index contributed by atoms with van der Waals surface area (Å²) in [5.41, 5.74) is 26.3. The van der Waals surface area contributed by atoms with Gasteiger partial charge in [0.15, 0.2) is 69.9 Å². The van der Waals surface area contributed by atoms with E-state index >= 15 is 0 Å². The fourth-order valence-electron chi connectivity index (χ4n) is 21.6. The van der Waals surface area contributed by atoms with Gasteiger partial charge < -0.3 is 18.1 Å². The molecule has 0 spiro atoms. The predicted molar refractivity (Wildman–Crippen MR) is 592 cm³/mol. The molecule has 0 N–H and O–H groups in total. The van der Waals surface area contributed by atoms with Gasteiger partial charge in [-0.3, -0.25) is 0 Å². The molecule has 0 aliphatic heterocycles. The second kappa shape index (κ2) is 34.6. The van der Waals surface area contributed by atoms with Gasteiger partial charge in [-0.1, -0.05) is 354 Å². The summed E-state index contributed by atoms with van der Waals surface area (Å²) in [6, 6.07) is 158. The number of thiophene rings is 1. The molecule has 29 rings (SSSR count). The number of aromatic nitrogens is 15. The lowest BCUT2D eigenvalue weighted by Crippen LogP contribution is -2.14. The Morgan fingerprint density at radius 2 is 0.534 bits per heavy atom. The van der Waals surface area contributed by atoms with Crippen molar-refractivity contribution in [3.8, 4) is 165 Å². The third-order valence-electron chi connectivity index (χ3n) is 28.4. The number of hydrogen-bond acceptors (Lipinski definition) is 14. The van der Waals surface area contributed by atoms with E-state index in [-0.39, 0.29) is 5.41 Å². The minimum Gasteiger partial charge on any atom is -0.456 e. The van der Waals surface area contributed by atoms with Crippen molar-refractivity contribution in [2.24, 2.45) is 0 Å². The van der Waals surface area contributed by atoms with Crippen molar-refractivity contribution in [1.29, 1.82) is 0 Å². The Morgan fingerprint density at radius 3 is 1.01 bits per heavy atom. The van der Waals surface area contributed by atoms with Crippen LogP contribution in [0.1, 0.15) is 25.0 Å². The molecule has 19 aromatic carbocycles. The minimum atomic E-state index is -0.164. The van der Waals surface area contributed by atoms with Gasteiger partial charge in [0.25, 0.3) is 0 Å². The van der Waals surface area contributed by atoms with E-state index in [0.717, 1.165) is 149 Å². The van der Waals surface area contributed by atoms with E-state index < -0.39 is 0 Å². The van der Waals surface area contributed by atoms with Gasteiger partial charge >= 0.3 is 0 Å². The number of benzene rings is 19. The van der Waals surface area contributed by atoms with Gasteiger partial charge in [0.2, 0.25) is 0 Å². The smallest absolute Gasteiger partial charge is 0.166 e. The van der Waals surface area contributed by atoms with Crippen molar-refractivity contribution < 1.29 is 4.42 Å². The zero-order valence-corrected chi connectivity index (χ0v) is 79.6. The topological polar surface area (TPSA) is 183 Å². The molecule has 0 saturated carbocycles. The summed E-state index contributed by atoms with van der Waals surface area (Å²) in [4.78, 5) is 63.2. The number of furan rings is 1. The van der Waals surface area contributed by atoms with E-state index in [1.54, 1.807) is 11.3 Å². The standard InChI is InChI=1S/C66H40N8S.C63H41N7O/c1-5-20-41(21-6-1)61-67-62(42-22-7-2-8-23-42)71-66(70-61)51-40-44(64-68-63(43-24-9-3-10-25-43)69-65(72-64)50-32-19-31-47-46-28-15-18-35-57(46)75-60(47)50)36-37-54(51)74-53-34-17-14-30-49(53)59-56(74)39-38-55-58(59)48-29-13-16-33-52(48)73(55)45-26-11-4-12-27-45;1-63(2)48-27-15-12-25-45(48)55-49(63)33-35-52-56(55)46-26-13-16-28-50(46)70(52)51-34-31-41(36-47(51)62-68-58(39-20-8-4-9-21-39)64-59(69-62)40-22-10-5-11-23-40)60-65-57(38-18-6-3-7-19-38)66-61(67-60)42-30-32-44-43-24-14-17-29-53(43)71-54(44)37-42/h1-40H;3-37H,1-2H3. The van der Waals surface area contributed by atoms with Crippen molar-refractivity contribution in [2.45, 2.75) is 19.3 Å². The molecule has 1 aliphatic carbocycles. The number of hydrogen-bond donors (Lipinski definition) is 0. The molecule has 0 radical (unpaired) electrons. The average Bonchev–Trinajstić information content (AvgIpc) is 1.54. The molecule has 0 saturated heterocycles. The van der Waals surface area contributed by atoms with Crippen molar-refractivity contribution >= 4 is 119 Å². The lowest BCUT2D eigenvalue weighted by atomic mass is 9.82. The molecule has 0 bridgehead atoms. The molecular weight excluding hydrogens is 1810 g/mol. The van der Waals surface area contributed by atoms with E-state index in [0.29, 0.717) is 69.9 Å². The maximum atomic E-state index is 6.36. The van der Waals surface area contributed by atoms with Gasteiger partial charge in [0, 0.05) is 141 Å². The first-order valence-corrected chi connectivity index (χ1v) is 49.6. The summed E-state index contributed by atoms with van der Waals surface area (Å²) >= 11 is 1.76. The maximum absolute atomic E-state index is 6.36. The Labute approximate surface area is 841 Å². The monoisotopic (exact) mass is 1890 g/mol. The summed E-state index contributed by atoms with van der Waals surface area (Å²) in [6.45, 7) is 4.67. The first-order valence-electron chi connectivity index (χ1n) is 48.8. The fourth-order valence-corrected chi connectivity index (χ4v) is 22.8. The highest BCUT2D eigenvalue weighted by atomic mass is 32.1. The molecule has 0 atom stereocenters. The Bertz CT molecular complexity index is 9990. The summed E-state index contributed by atoms with van der Waals surface area (Å²) in [5, 5.41) is 11.6. The zero-order chi connectivity index (χ0) is 96.6. The summed E-state index contributed by atoms with van der Waals surface area (Å²) in [7, 11) is 0. The molecular formula is C129H81N15OS. The number of nitrogens with zero attached hydrogens (tertiary/aromatic N) is 15. The molecule has 0 amide bonds. The van der Waals surface area contributed by atoms with Crippen LogP contribution in [-0.4, -0.2) is 73.5 Å². The van der Waals surface area contributed by atoms with Crippen LogP contribution in [-0.2, 0) is 5.41 Å². The van der Waals surface area contributed by atoms with Gasteiger partial charge in [-0.2, -0.15) is 0 Å². The van der Waals surface area contributed by atoms with E-state index in [1.807, 2.05) is 194 Å². The van der Waals surface area contributed by atoms with Crippen LogP contribution in [0.2, 0.25) is 0 Å². The van der Waals surface area contributed by atoms with E-state index in [4.69, 9.17) is 64.2 Å². The van der Waals surface area contributed by atoms with E-state index in [1.165, 1.54) is 64.7 Å². The molecule has 28 aromatic rings. The largest absolute Gasteiger partial charge is 0.456 e. The van der Waals surface area contributed by atoms with Gasteiger partial charge in [0.05, 0.1) is 44.5 Å². The zero-order valence-electron chi connectivity index (χ0n) is 78.8. The van der Waals surface area contributed by atoms with Crippen LogP contribution in [0.25, 0.3) is 272 Å². The molecule has 0 unspecified atom stereocenters. The second-order valence-electron chi connectivity index (χ2n) is 37.3. The number of para-hydroxylation sites is 5. The SMILES string of the molecule is CC1(C)c2ccccc2-c2c1ccc1c2c2ccccc2n1-c1ccc(-c2nc(-c3ccccc3)nc(-c3ccc4c(c3)oc3ccccc34)n2)cc1-c1nc(-c2ccccc2)nc(-c2ccccc2)n1.c1ccc(-c2nc(-c3ccccc3)nc(-c3cc(-c4nc(-c5ccccc5)nc(-c5cccc6c5sc5ccccc56)n4)ccc3-n3c4ccccc4c4c5c6ccccc6n(-c6ccccc6)c5ccc43)n2)cc1. The number of rotatable bonds is 15. The summed E-state index contributed by atoms with van der Waals surface area (Å²) in [6.07, 6.45) is 0. The van der Waals surface area contributed by atoms with Crippen LogP contribution < -0.4 is 0 Å². The predicted octanol–water partition coefficient (Wildman–Crippen LogP) is 32.0. The van der Waals surface area contributed by atoms with Crippen LogP contribution in [0.4, 0.5) is 0 Å². The Hall–Kier alpha value is -19.4. The van der Waals surface area contributed by atoms with Crippen LogP contribution in [0.5, 0.6) is 0 Å². The second-order valence-corrected chi connectivity index (χ2v) is 38.3. The summed E-state index contributed by atoms with van der Waals surface area (Å²) < 4.78 is 15.8. The van der Waals surface area contributed by atoms with Crippen molar-refractivity contribution in [1.82, 2.24) is 73.5 Å². The van der Waals surface area contributed by atoms with Crippen LogP contribution in [0.3, 0.4) is 0 Å². The molecule has 0 fully saturated rings. The average molecular weight is 1890 g/mol. The third kappa shape index (κ3) is 14.3. The molecule has 1 aliphatic rings. The number of fused-ring (bicyclic) bond motifs is 20. The van der Waals surface area contributed by atoms with Crippen LogP contribution in [0.15, 0.2) is 459 Å². The Morgan fingerprint density at radius 1 is 0.205 bits per heavy atom.